The maximum absolute atomic E-state index is 14.0. The van der Waals surface area contributed by atoms with Crippen LogP contribution in [0, 0.1) is 11.7 Å². The van der Waals surface area contributed by atoms with E-state index < -0.39 is 0 Å². The first-order valence-corrected chi connectivity index (χ1v) is 10.5. The number of fused-ring (bicyclic) bond motifs is 1. The molecule has 4 heterocycles. The summed E-state index contributed by atoms with van der Waals surface area (Å²) in [5.74, 6) is 0.821. The van der Waals surface area contributed by atoms with Crippen LogP contribution < -0.4 is 5.32 Å². The van der Waals surface area contributed by atoms with E-state index in [4.69, 9.17) is 0 Å². The van der Waals surface area contributed by atoms with Gasteiger partial charge in [0.2, 0.25) is 5.95 Å². The highest BCUT2D eigenvalue weighted by Gasteiger charge is 2.18. The fourth-order valence-corrected chi connectivity index (χ4v) is 4.17. The zero-order chi connectivity index (χ0) is 21.2. The molecular weight excluding hydrogens is 395 g/mol. The van der Waals surface area contributed by atoms with Gasteiger partial charge in [-0.1, -0.05) is 18.2 Å². The number of hydrogen-bond acceptors (Lipinski definition) is 6. The molecule has 1 aliphatic heterocycles. The molecule has 1 aromatic carbocycles. The molecule has 1 fully saturated rings. The summed E-state index contributed by atoms with van der Waals surface area (Å²) in [6, 6.07) is 6.69. The second-order valence-corrected chi connectivity index (χ2v) is 8.21. The van der Waals surface area contributed by atoms with Crippen molar-refractivity contribution in [2.75, 3.05) is 25.5 Å². The Morgan fingerprint density at radius 2 is 2.06 bits per heavy atom. The maximum atomic E-state index is 14.0. The third-order valence-corrected chi connectivity index (χ3v) is 5.71. The van der Waals surface area contributed by atoms with Crippen molar-refractivity contribution in [3.05, 3.63) is 60.4 Å². The van der Waals surface area contributed by atoms with Crippen molar-refractivity contribution in [2.24, 2.45) is 5.92 Å². The largest absolute Gasteiger partial charge is 0.321 e. The Morgan fingerprint density at radius 1 is 1.16 bits per heavy atom. The van der Waals surface area contributed by atoms with Gasteiger partial charge in [-0.25, -0.2) is 14.1 Å². The summed E-state index contributed by atoms with van der Waals surface area (Å²) in [6.07, 6.45) is 9.66. The smallest absolute Gasteiger partial charge is 0.229 e. The maximum Gasteiger partial charge on any atom is 0.229 e. The van der Waals surface area contributed by atoms with E-state index in [1.54, 1.807) is 35.4 Å². The van der Waals surface area contributed by atoms with E-state index in [1.165, 1.54) is 25.5 Å². The summed E-state index contributed by atoms with van der Waals surface area (Å²) in [6.45, 7) is 3.49. The monoisotopic (exact) mass is 420 g/mol. The van der Waals surface area contributed by atoms with E-state index in [2.05, 4.69) is 37.4 Å². The van der Waals surface area contributed by atoms with Crippen molar-refractivity contribution in [2.45, 2.75) is 25.9 Å². The molecule has 0 radical (unpaired) electrons. The molecule has 31 heavy (non-hydrogen) atoms. The second-order valence-electron chi connectivity index (χ2n) is 8.21. The molecule has 1 unspecified atom stereocenters. The standard InChI is InChI=1S/C22H25FN8/c1-29-8-4-5-16(12-29)13-30-15-19(11-25-30)27-22-24-9-18-10-26-31(21(18)28-22)14-17-6-2-3-7-20(17)23/h2-3,6-7,9-11,15-16H,4-5,8,12-14H2,1H3,(H,24,27,28). The summed E-state index contributed by atoms with van der Waals surface area (Å²) in [5.41, 5.74) is 2.05. The van der Waals surface area contributed by atoms with Crippen LogP contribution in [-0.4, -0.2) is 54.6 Å². The number of piperidine rings is 1. The van der Waals surface area contributed by atoms with Gasteiger partial charge >= 0.3 is 0 Å². The summed E-state index contributed by atoms with van der Waals surface area (Å²) in [4.78, 5) is 11.4. The van der Waals surface area contributed by atoms with Gasteiger partial charge in [0.05, 0.1) is 30.0 Å². The zero-order valence-electron chi connectivity index (χ0n) is 17.4. The minimum atomic E-state index is -0.255. The fraction of sp³-hybridized carbons (Fsp3) is 0.364. The number of nitrogens with zero attached hydrogens (tertiary/aromatic N) is 7. The first kappa shape index (κ1) is 19.6. The predicted octanol–water partition coefficient (Wildman–Crippen LogP) is 3.30. The van der Waals surface area contributed by atoms with Gasteiger partial charge in [-0.15, -0.1) is 0 Å². The first-order chi connectivity index (χ1) is 15.1. The molecule has 8 nitrogen and oxygen atoms in total. The molecule has 3 aromatic heterocycles. The van der Waals surface area contributed by atoms with Crippen molar-refractivity contribution in [3.63, 3.8) is 0 Å². The van der Waals surface area contributed by atoms with E-state index in [0.717, 1.165) is 24.2 Å². The topological polar surface area (TPSA) is 76.7 Å². The van der Waals surface area contributed by atoms with Crippen LogP contribution in [0.1, 0.15) is 18.4 Å². The average molecular weight is 420 g/mol. The summed E-state index contributed by atoms with van der Waals surface area (Å²) in [5, 5.41) is 12.9. The van der Waals surface area contributed by atoms with E-state index >= 15 is 0 Å². The molecule has 1 saturated heterocycles. The van der Waals surface area contributed by atoms with Crippen molar-refractivity contribution >= 4 is 22.7 Å². The van der Waals surface area contributed by atoms with E-state index in [-0.39, 0.29) is 5.82 Å². The van der Waals surface area contributed by atoms with Crippen LogP contribution in [0.15, 0.2) is 49.1 Å². The minimum Gasteiger partial charge on any atom is -0.321 e. The number of nitrogens with one attached hydrogen (secondary N) is 1. The van der Waals surface area contributed by atoms with Gasteiger partial charge in [-0.05, 0) is 38.4 Å². The molecule has 0 bridgehead atoms. The van der Waals surface area contributed by atoms with E-state index in [1.807, 2.05) is 16.9 Å². The van der Waals surface area contributed by atoms with Crippen LogP contribution in [0.4, 0.5) is 16.0 Å². The molecule has 1 atom stereocenters. The Kier molecular flexibility index (Phi) is 5.33. The lowest BCUT2D eigenvalue weighted by atomic mass is 9.99. The lowest BCUT2D eigenvalue weighted by Crippen LogP contribution is -2.34. The lowest BCUT2D eigenvalue weighted by Gasteiger charge is -2.29. The second kappa shape index (κ2) is 8.43. The number of benzene rings is 1. The Labute approximate surface area is 179 Å². The highest BCUT2D eigenvalue weighted by atomic mass is 19.1. The van der Waals surface area contributed by atoms with Crippen molar-refractivity contribution in [1.29, 1.82) is 0 Å². The number of likely N-dealkylation sites (tertiary alicyclic amines) is 1. The number of aromatic nitrogens is 6. The number of hydrogen-bond donors (Lipinski definition) is 1. The zero-order valence-corrected chi connectivity index (χ0v) is 17.4. The van der Waals surface area contributed by atoms with Crippen molar-refractivity contribution < 1.29 is 4.39 Å². The molecule has 5 rings (SSSR count). The highest BCUT2D eigenvalue weighted by molar-refractivity contribution is 5.75. The molecule has 4 aromatic rings. The normalized spacial score (nSPS) is 17.3. The van der Waals surface area contributed by atoms with Crippen LogP contribution >= 0.6 is 0 Å². The minimum absolute atomic E-state index is 0.255. The van der Waals surface area contributed by atoms with Crippen LogP contribution in [0.25, 0.3) is 11.0 Å². The van der Waals surface area contributed by atoms with E-state index in [9.17, 15) is 4.39 Å². The summed E-state index contributed by atoms with van der Waals surface area (Å²) in [7, 11) is 2.17. The van der Waals surface area contributed by atoms with Gasteiger partial charge in [-0.3, -0.25) is 4.68 Å². The van der Waals surface area contributed by atoms with Crippen molar-refractivity contribution in [1.82, 2.24) is 34.4 Å². The van der Waals surface area contributed by atoms with Gasteiger partial charge in [0.25, 0.3) is 0 Å². The van der Waals surface area contributed by atoms with Crippen molar-refractivity contribution in [3.8, 4) is 0 Å². The fourth-order valence-electron chi connectivity index (χ4n) is 4.17. The Bertz CT molecular complexity index is 1180. The van der Waals surface area contributed by atoms with Gasteiger partial charge in [0.15, 0.2) is 5.65 Å². The van der Waals surface area contributed by atoms with Gasteiger partial charge in [0.1, 0.15) is 5.82 Å². The molecule has 0 aliphatic carbocycles. The van der Waals surface area contributed by atoms with Crippen LogP contribution in [-0.2, 0) is 13.1 Å². The average Bonchev–Trinajstić information content (AvgIpc) is 3.36. The Hall–Kier alpha value is -3.33. The third-order valence-electron chi connectivity index (χ3n) is 5.71. The molecular formula is C22H25FN8. The molecule has 1 N–H and O–H groups in total. The SMILES string of the molecule is CN1CCCC(Cn2cc(Nc3ncc4cnn(Cc5ccccc5F)c4n3)cn2)C1. The molecule has 9 heteroatoms. The van der Waals surface area contributed by atoms with Gasteiger partial charge < -0.3 is 10.2 Å². The Morgan fingerprint density at radius 3 is 2.94 bits per heavy atom. The Balaban J connectivity index is 1.31. The van der Waals surface area contributed by atoms with Gasteiger partial charge in [0, 0.05) is 31.0 Å². The van der Waals surface area contributed by atoms with E-state index in [0.29, 0.717) is 29.6 Å². The molecule has 0 saturated carbocycles. The quantitative estimate of drug-likeness (QED) is 0.516. The highest BCUT2D eigenvalue weighted by Crippen LogP contribution is 2.20. The van der Waals surface area contributed by atoms with Gasteiger partial charge in [-0.2, -0.15) is 15.2 Å². The molecule has 0 spiro atoms. The molecule has 1 aliphatic rings. The van der Waals surface area contributed by atoms with Crippen LogP contribution in [0.2, 0.25) is 0 Å². The molecule has 160 valence electrons. The molecule has 0 amide bonds. The first-order valence-electron chi connectivity index (χ1n) is 10.5. The number of anilines is 2. The predicted molar refractivity (Wildman–Crippen MR) is 117 cm³/mol. The van der Waals surface area contributed by atoms with Crippen LogP contribution in [0.5, 0.6) is 0 Å². The van der Waals surface area contributed by atoms with Crippen LogP contribution in [0.3, 0.4) is 0 Å². The third kappa shape index (κ3) is 4.41. The number of rotatable bonds is 6. The summed E-state index contributed by atoms with van der Waals surface area (Å²) >= 11 is 0. The summed E-state index contributed by atoms with van der Waals surface area (Å²) < 4.78 is 17.7. The lowest BCUT2D eigenvalue weighted by molar-refractivity contribution is 0.190. The number of halogens is 1.